The summed E-state index contributed by atoms with van der Waals surface area (Å²) in [6, 6.07) is 19.5. The minimum absolute atomic E-state index is 0.0130. The SMILES string of the molecule is CCCCCC(O)C=C[C@H]1CCCC(=O)N1CC=CSCCC(=O)O.COCCCC(O)C=C[C@H]1CCCC(=O)N1CC=CCCCC(=O)O.O=C(O)CCCC=CCN1C(=O)CCC[C@@H]1C=CC(O)Sc1ccccc1.O=C(O)CCOC=CCN1C(=O)CCC[C@@H]1C=CC(O)Cc1ccccc1. The van der Waals surface area contributed by atoms with E-state index in [1.165, 1.54) is 29.8 Å². The second-order valence-electron chi connectivity index (χ2n) is 25.7. The summed E-state index contributed by atoms with van der Waals surface area (Å²) in [6.45, 7) is 4.85. The van der Waals surface area contributed by atoms with E-state index in [1.54, 1.807) is 36.3 Å². The van der Waals surface area contributed by atoms with Crippen LogP contribution in [0, 0.1) is 0 Å². The van der Waals surface area contributed by atoms with E-state index in [0.29, 0.717) is 103 Å². The Kier molecular flexibility index (Phi) is 49.5. The van der Waals surface area contributed by atoms with Gasteiger partial charge < -0.3 is 69.9 Å². The second-order valence-corrected chi connectivity index (χ2v) is 27.9. The Balaban J connectivity index is 0.000000360. The van der Waals surface area contributed by atoms with Crippen molar-refractivity contribution in [3.05, 3.63) is 163 Å². The molecule has 22 nitrogen and oxygen atoms in total. The van der Waals surface area contributed by atoms with E-state index in [4.69, 9.17) is 29.9 Å². The molecule has 576 valence electrons. The largest absolute Gasteiger partial charge is 0.501 e. The lowest BCUT2D eigenvalue weighted by atomic mass is 9.99. The quantitative estimate of drug-likeness (QED) is 0.0100. The Bertz CT molecular complexity index is 2830. The van der Waals surface area contributed by atoms with E-state index in [0.717, 1.165) is 93.9 Å². The molecule has 2 aromatic rings. The molecule has 4 amide bonds. The molecule has 0 radical (unpaired) electrons. The number of aliphatic carboxylic acids is 4. The van der Waals surface area contributed by atoms with Crippen molar-refractivity contribution in [1.29, 1.82) is 0 Å². The summed E-state index contributed by atoms with van der Waals surface area (Å²) in [5.41, 5.74) is 0.408. The number of carboxylic acid groups (broad SMARTS) is 4. The lowest BCUT2D eigenvalue weighted by molar-refractivity contribution is -0.138. The number of carbonyl (C=O) groups excluding carboxylic acids is 4. The molecular weight excluding hydrogens is 1370 g/mol. The average molecular weight is 1490 g/mol. The molecule has 4 aliphatic heterocycles. The fourth-order valence-electron chi connectivity index (χ4n) is 11.6. The van der Waals surface area contributed by atoms with E-state index in [-0.39, 0.29) is 80.1 Å². The van der Waals surface area contributed by atoms with Gasteiger partial charge in [0, 0.05) is 95.5 Å². The molecule has 4 unspecified atom stereocenters. The number of hydrogen-bond acceptors (Lipinski definition) is 16. The van der Waals surface area contributed by atoms with Gasteiger partial charge in [-0.05, 0) is 132 Å². The van der Waals surface area contributed by atoms with Gasteiger partial charge in [-0.2, -0.15) is 0 Å². The van der Waals surface area contributed by atoms with E-state index in [9.17, 15) is 58.8 Å². The summed E-state index contributed by atoms with van der Waals surface area (Å²) < 4.78 is 10.1. The number of unbranched alkanes of at least 4 members (excludes halogenated alkanes) is 4. The molecular formula is C80H116N4O18S2. The lowest BCUT2D eigenvalue weighted by Gasteiger charge is -2.33. The van der Waals surface area contributed by atoms with Crippen LogP contribution in [0.4, 0.5) is 0 Å². The molecule has 4 heterocycles. The molecule has 0 aromatic heterocycles. The molecule has 0 spiro atoms. The predicted molar refractivity (Wildman–Crippen MR) is 408 cm³/mol. The maximum atomic E-state index is 12.3. The number of allylic oxidation sites excluding steroid dienone is 2. The van der Waals surface area contributed by atoms with Crippen LogP contribution in [0.25, 0.3) is 0 Å². The molecule has 4 saturated heterocycles. The first-order valence-electron chi connectivity index (χ1n) is 36.8. The molecule has 2 aromatic carbocycles. The van der Waals surface area contributed by atoms with E-state index in [2.05, 4.69) is 6.92 Å². The third-order valence-electron chi connectivity index (χ3n) is 17.2. The Morgan fingerprint density at radius 1 is 0.490 bits per heavy atom. The number of likely N-dealkylation sites (tertiary alicyclic amines) is 4. The number of carbonyl (C=O) groups is 8. The van der Waals surface area contributed by atoms with Crippen LogP contribution in [-0.4, -0.2) is 208 Å². The van der Waals surface area contributed by atoms with E-state index in [1.807, 2.05) is 142 Å². The van der Waals surface area contributed by atoms with Crippen molar-refractivity contribution in [3.63, 3.8) is 0 Å². The molecule has 8 N–H and O–H groups in total. The van der Waals surface area contributed by atoms with Gasteiger partial charge in [-0.1, -0.05) is 159 Å². The van der Waals surface area contributed by atoms with Gasteiger partial charge in [0.15, 0.2) is 0 Å². The third kappa shape index (κ3) is 43.0. The molecule has 0 saturated carbocycles. The number of carboxylic acids is 4. The zero-order valence-corrected chi connectivity index (χ0v) is 62.6. The number of ether oxygens (including phenoxy) is 2. The summed E-state index contributed by atoms with van der Waals surface area (Å²) in [6.07, 6.45) is 44.4. The molecule has 0 aliphatic carbocycles. The van der Waals surface area contributed by atoms with Crippen LogP contribution in [-0.2, 0) is 54.3 Å². The number of methoxy groups -OCH3 is 1. The first-order valence-corrected chi connectivity index (χ1v) is 38.7. The fourth-order valence-corrected chi connectivity index (χ4v) is 13.0. The van der Waals surface area contributed by atoms with Crippen molar-refractivity contribution < 1.29 is 88.7 Å². The second kappa shape index (κ2) is 56.8. The van der Waals surface area contributed by atoms with Crippen LogP contribution in [0.15, 0.2) is 162 Å². The first kappa shape index (κ1) is 90.6. The molecule has 24 heteroatoms. The Labute approximate surface area is 624 Å². The Morgan fingerprint density at radius 3 is 1.37 bits per heavy atom. The van der Waals surface area contributed by atoms with Crippen LogP contribution in [0.2, 0.25) is 0 Å². The molecule has 6 rings (SSSR count). The molecule has 4 fully saturated rings. The highest BCUT2D eigenvalue weighted by Crippen LogP contribution is 2.26. The smallest absolute Gasteiger partial charge is 0.306 e. The van der Waals surface area contributed by atoms with Gasteiger partial charge in [-0.25, -0.2) is 0 Å². The van der Waals surface area contributed by atoms with Crippen molar-refractivity contribution in [2.45, 2.75) is 233 Å². The van der Waals surface area contributed by atoms with Crippen LogP contribution >= 0.6 is 23.5 Å². The molecule has 8 atom stereocenters. The molecule has 0 bridgehead atoms. The summed E-state index contributed by atoms with van der Waals surface area (Å²) in [5, 5.41) is 76.7. The normalized spacial score (nSPS) is 19.4. The van der Waals surface area contributed by atoms with Crippen molar-refractivity contribution in [1.82, 2.24) is 19.6 Å². The van der Waals surface area contributed by atoms with E-state index >= 15 is 0 Å². The highest BCUT2D eigenvalue weighted by atomic mass is 32.2. The summed E-state index contributed by atoms with van der Waals surface area (Å²) >= 11 is 2.81. The van der Waals surface area contributed by atoms with Crippen molar-refractivity contribution in [2.24, 2.45) is 0 Å². The number of nitrogens with zero attached hydrogens (tertiary/aromatic N) is 4. The predicted octanol–water partition coefficient (Wildman–Crippen LogP) is 12.5. The van der Waals surface area contributed by atoms with Gasteiger partial charge in [0.2, 0.25) is 23.6 Å². The number of piperidine rings is 4. The first-order chi connectivity index (χ1) is 50.2. The molecule has 4 aliphatic rings. The van der Waals surface area contributed by atoms with Crippen LogP contribution < -0.4 is 0 Å². The molecule has 104 heavy (non-hydrogen) atoms. The van der Waals surface area contributed by atoms with Crippen LogP contribution in [0.1, 0.15) is 179 Å². The minimum atomic E-state index is -0.908. The Morgan fingerprint density at radius 2 is 0.913 bits per heavy atom. The number of amides is 4. The maximum absolute atomic E-state index is 12.3. The van der Waals surface area contributed by atoms with Crippen LogP contribution in [0.3, 0.4) is 0 Å². The van der Waals surface area contributed by atoms with Gasteiger partial charge in [0.1, 0.15) is 5.44 Å². The number of hydrogen-bond donors (Lipinski definition) is 8. The highest BCUT2D eigenvalue weighted by molar-refractivity contribution is 8.02. The van der Waals surface area contributed by atoms with Gasteiger partial charge in [-0.3, -0.25) is 38.4 Å². The van der Waals surface area contributed by atoms with Gasteiger partial charge in [0.25, 0.3) is 0 Å². The third-order valence-corrected chi connectivity index (χ3v) is 18.9. The summed E-state index contributed by atoms with van der Waals surface area (Å²) in [4.78, 5) is 98.9. The Hall–Kier alpha value is -7.58. The van der Waals surface area contributed by atoms with Crippen molar-refractivity contribution in [2.75, 3.05) is 52.3 Å². The standard InChI is InChI=1S/C21H27NO5.C21H27NO4S.C19H31NO5.C19H31NO4S/c23-19(16-17-6-2-1-3-7-17)11-10-18-8-4-9-20(24)22(18)13-5-14-27-15-12-21(25)26;23-19-12-8-9-17(22(19)16-7-2-1-6-13-20(24)25)14-15-21(26)27-18-10-4-3-5-11-18;1-25-15-7-9-17(21)13-12-16-8-6-10-18(22)20(16)14-5-3-2-4-11-19(23)24;1-2-3-4-8-17(21)11-10-16-7-5-9-18(22)20(16)13-6-14-25-15-12-19(23)24/h1-3,5-7,10-11,14,18-19,23H,4,8-9,12-13,15-16H2,(H,25,26);2-5,7,10-11,14-15,17,21,26H,1,6,8-9,12-13,16H2,(H,24,25);3,5,12-13,16-17,21H,2,4,6-11,14-15H2,1H3,(H,23,24);6,10-11,14,16-17,21H,2-5,7-9,12-13,15H2,1H3,(H,23,24)/t18-,19?;17-,21?;2*16-,17?/m1111/s1. The fraction of sp³-hybridized carbons (Fsp3) is 0.550. The zero-order valence-electron chi connectivity index (χ0n) is 60.9. The minimum Gasteiger partial charge on any atom is -0.501 e. The zero-order chi connectivity index (χ0) is 76.0. The average Bonchev–Trinajstić information content (AvgIpc) is 0.877. The number of thioether (sulfide) groups is 2. The number of rotatable bonds is 44. The number of aliphatic hydroxyl groups excluding tert-OH is 4. The van der Waals surface area contributed by atoms with Gasteiger partial charge in [-0.15, -0.1) is 11.8 Å². The number of benzene rings is 2. The van der Waals surface area contributed by atoms with Gasteiger partial charge in [0.05, 0.1) is 68.2 Å². The van der Waals surface area contributed by atoms with E-state index < -0.39 is 47.6 Å². The summed E-state index contributed by atoms with van der Waals surface area (Å²) in [7, 11) is 1.64. The van der Waals surface area contributed by atoms with Crippen molar-refractivity contribution >= 4 is 71.0 Å². The lowest BCUT2D eigenvalue weighted by Crippen LogP contribution is -2.42. The van der Waals surface area contributed by atoms with Gasteiger partial charge >= 0.3 is 23.9 Å². The topological polar surface area (TPSA) is 330 Å². The highest BCUT2D eigenvalue weighted by Gasteiger charge is 2.29. The maximum Gasteiger partial charge on any atom is 0.306 e. The monoisotopic (exact) mass is 1480 g/mol. The van der Waals surface area contributed by atoms with Crippen molar-refractivity contribution in [3.8, 4) is 0 Å². The van der Waals surface area contributed by atoms with Crippen LogP contribution in [0.5, 0.6) is 0 Å². The summed E-state index contributed by atoms with van der Waals surface area (Å²) in [5.74, 6) is -2.27. The number of aliphatic hydroxyl groups is 4.